The molecule has 0 spiro atoms. The van der Waals surface area contributed by atoms with Gasteiger partial charge in [0.1, 0.15) is 23.0 Å². The maximum atomic E-state index is 13.6. The van der Waals surface area contributed by atoms with Gasteiger partial charge in [-0.05, 0) is 60.7 Å². The minimum Gasteiger partial charge on any atom is -0.497 e. The van der Waals surface area contributed by atoms with Gasteiger partial charge in [-0.15, -0.1) is 11.8 Å². The lowest BCUT2D eigenvalue weighted by molar-refractivity contribution is -0.117. The van der Waals surface area contributed by atoms with Gasteiger partial charge in [0.05, 0.1) is 32.1 Å². The largest absolute Gasteiger partial charge is 0.497 e. The van der Waals surface area contributed by atoms with Crippen molar-refractivity contribution < 1.29 is 28.7 Å². The molecule has 5 rings (SSSR count). The molecule has 1 aliphatic rings. The molecule has 1 heterocycles. The number of thioether (sulfide) groups is 1. The van der Waals surface area contributed by atoms with Gasteiger partial charge in [0, 0.05) is 27.8 Å². The van der Waals surface area contributed by atoms with E-state index >= 15 is 0 Å². The van der Waals surface area contributed by atoms with Crippen molar-refractivity contribution in [3.05, 3.63) is 120 Å². The van der Waals surface area contributed by atoms with E-state index in [4.69, 9.17) is 9.47 Å². The average Bonchev–Trinajstić information content (AvgIpc) is 3.47. The minimum atomic E-state index is -0.570. The van der Waals surface area contributed by atoms with E-state index in [1.807, 2.05) is 6.07 Å². The Morgan fingerprint density at radius 3 is 2.34 bits per heavy atom. The average molecular weight is 650 g/mol. The van der Waals surface area contributed by atoms with Crippen LogP contribution >= 0.6 is 11.8 Å². The third-order valence-corrected chi connectivity index (χ3v) is 7.79. The normalized spacial score (nSPS) is 12.6. The van der Waals surface area contributed by atoms with Gasteiger partial charge in [-0.1, -0.05) is 42.5 Å². The molecular formula is C35H31N5O6S. The van der Waals surface area contributed by atoms with Crippen LogP contribution < -0.4 is 30.4 Å². The van der Waals surface area contributed by atoms with Gasteiger partial charge in [-0.2, -0.15) is 10.1 Å². The number of ether oxygens (including phenoxy) is 2. The fourth-order valence-corrected chi connectivity index (χ4v) is 5.27. The van der Waals surface area contributed by atoms with Gasteiger partial charge in [0.25, 0.3) is 17.7 Å². The first-order valence-electron chi connectivity index (χ1n) is 14.4. The number of carbonyl (C=O) groups is 4. The molecular weight excluding hydrogens is 618 g/mol. The topological polar surface area (TPSA) is 138 Å². The summed E-state index contributed by atoms with van der Waals surface area (Å²) >= 11 is 1.25. The van der Waals surface area contributed by atoms with Gasteiger partial charge >= 0.3 is 0 Å². The van der Waals surface area contributed by atoms with Crippen molar-refractivity contribution in [2.45, 2.75) is 11.3 Å². The Kier molecular flexibility index (Phi) is 10.7. The zero-order valence-corrected chi connectivity index (χ0v) is 26.4. The zero-order chi connectivity index (χ0) is 33.2. The lowest BCUT2D eigenvalue weighted by atomic mass is 10.1. The summed E-state index contributed by atoms with van der Waals surface area (Å²) in [4.78, 5) is 52.4. The number of hydrogen-bond acceptors (Lipinski definition) is 8. The number of amides is 4. The number of methoxy groups -OCH3 is 2. The smallest absolute Gasteiger partial charge is 0.272 e. The molecule has 0 saturated carbocycles. The third-order valence-electron chi connectivity index (χ3n) is 6.79. The summed E-state index contributed by atoms with van der Waals surface area (Å²) < 4.78 is 10.8. The molecule has 47 heavy (non-hydrogen) atoms. The number of nitrogens with one attached hydrogen (secondary N) is 3. The second-order valence-electron chi connectivity index (χ2n) is 10.1. The van der Waals surface area contributed by atoms with Gasteiger partial charge in [-0.25, -0.2) is 0 Å². The van der Waals surface area contributed by atoms with Crippen molar-refractivity contribution in [2.24, 2.45) is 5.10 Å². The van der Waals surface area contributed by atoms with Crippen LogP contribution in [0.15, 0.2) is 119 Å². The highest BCUT2D eigenvalue weighted by Gasteiger charge is 2.26. The van der Waals surface area contributed by atoms with Crippen LogP contribution in [0.3, 0.4) is 0 Å². The monoisotopic (exact) mass is 649 g/mol. The number of benzene rings is 4. The summed E-state index contributed by atoms with van der Waals surface area (Å²) in [5.74, 6) is -0.258. The van der Waals surface area contributed by atoms with E-state index < -0.39 is 11.8 Å². The van der Waals surface area contributed by atoms with Crippen molar-refractivity contribution >= 4 is 58.7 Å². The Labute approximate surface area is 275 Å². The molecule has 0 atom stereocenters. The molecule has 0 bridgehead atoms. The van der Waals surface area contributed by atoms with Crippen LogP contribution in [0.1, 0.15) is 22.3 Å². The van der Waals surface area contributed by atoms with Gasteiger partial charge in [-0.3, -0.25) is 19.2 Å². The molecule has 238 valence electrons. The van der Waals surface area contributed by atoms with Crippen LogP contribution in [0.5, 0.6) is 11.5 Å². The Bertz CT molecular complexity index is 1850. The maximum Gasteiger partial charge on any atom is 0.272 e. The van der Waals surface area contributed by atoms with Gasteiger partial charge in [0.15, 0.2) is 0 Å². The van der Waals surface area contributed by atoms with Gasteiger partial charge in [0.2, 0.25) is 5.91 Å². The lowest BCUT2D eigenvalue weighted by Crippen LogP contribution is -2.31. The second kappa shape index (κ2) is 15.4. The van der Waals surface area contributed by atoms with E-state index in [0.29, 0.717) is 38.9 Å². The summed E-state index contributed by atoms with van der Waals surface area (Å²) in [5, 5.41) is 13.8. The van der Waals surface area contributed by atoms with Crippen LogP contribution in [0, 0.1) is 0 Å². The molecule has 0 saturated heterocycles. The maximum absolute atomic E-state index is 13.6. The highest BCUT2D eigenvalue weighted by atomic mass is 32.2. The first kappa shape index (κ1) is 32.5. The summed E-state index contributed by atoms with van der Waals surface area (Å²) in [7, 11) is 3.03. The van der Waals surface area contributed by atoms with Crippen molar-refractivity contribution in [3.8, 4) is 11.5 Å². The molecule has 0 aliphatic carbocycles. The number of rotatable bonds is 11. The minimum absolute atomic E-state index is 0.00806. The molecule has 11 nitrogen and oxygen atoms in total. The molecule has 1 aliphatic heterocycles. The number of carbonyl (C=O) groups excluding carboxylic acids is 4. The molecule has 4 aromatic carbocycles. The number of para-hydroxylation sites is 1. The molecule has 12 heteroatoms. The molecule has 0 radical (unpaired) electrons. The lowest BCUT2D eigenvalue weighted by Gasteiger charge is -2.13. The van der Waals surface area contributed by atoms with E-state index in [9.17, 15) is 19.2 Å². The Balaban J connectivity index is 1.26. The number of hydrazone groups is 1. The standard InChI is InChI=1S/C35H31N5O6S/c1-45-27-17-16-24(30(20-27)46-2)18-29(37-34(43)23-10-5-3-6-11-23)35(44)36-25-12-9-15-28(19-25)47-22-32(41)38-31-21-33(42)40(39-31)26-13-7-4-8-14-26/h3-20H,21-22H2,1-2H3,(H,36,44)(H,37,43)(H,38,39,41)/b29-18+. The molecule has 0 fully saturated rings. The fraction of sp³-hybridized carbons (Fsp3) is 0.114. The highest BCUT2D eigenvalue weighted by Crippen LogP contribution is 2.27. The Morgan fingerprint density at radius 2 is 1.62 bits per heavy atom. The first-order chi connectivity index (χ1) is 22.8. The molecule has 0 unspecified atom stereocenters. The summed E-state index contributed by atoms with van der Waals surface area (Å²) in [5.41, 5.74) is 1.98. The van der Waals surface area contributed by atoms with Crippen LogP contribution in [0.4, 0.5) is 11.4 Å². The SMILES string of the molecule is COc1ccc(/C=C(/NC(=O)c2ccccc2)C(=O)Nc2cccc(SCC(=O)NC3=NN(c4ccccc4)C(=O)C3)c2)c(OC)c1. The first-order valence-corrected chi connectivity index (χ1v) is 15.4. The van der Waals surface area contributed by atoms with Crippen LogP contribution in [-0.4, -0.2) is 49.4 Å². The third kappa shape index (κ3) is 8.65. The molecule has 0 aromatic heterocycles. The molecule has 3 N–H and O–H groups in total. The Morgan fingerprint density at radius 1 is 0.872 bits per heavy atom. The molecule has 4 aromatic rings. The summed E-state index contributed by atoms with van der Waals surface area (Å²) in [6, 6.07) is 29.6. The predicted octanol–water partition coefficient (Wildman–Crippen LogP) is 5.07. The zero-order valence-electron chi connectivity index (χ0n) is 25.6. The van der Waals surface area contributed by atoms with Crippen LogP contribution in [0.2, 0.25) is 0 Å². The number of nitrogens with zero attached hydrogens (tertiary/aromatic N) is 2. The number of amidine groups is 1. The molecule has 4 amide bonds. The quantitative estimate of drug-likeness (QED) is 0.152. The van der Waals surface area contributed by atoms with Crippen molar-refractivity contribution in [2.75, 3.05) is 30.3 Å². The van der Waals surface area contributed by atoms with Crippen molar-refractivity contribution in [1.29, 1.82) is 0 Å². The van der Waals surface area contributed by atoms with E-state index in [-0.39, 0.29) is 35.5 Å². The predicted molar refractivity (Wildman–Crippen MR) is 181 cm³/mol. The highest BCUT2D eigenvalue weighted by molar-refractivity contribution is 8.00. The Hall–Kier alpha value is -5.88. The van der Waals surface area contributed by atoms with Crippen LogP contribution in [0.25, 0.3) is 6.08 Å². The van der Waals surface area contributed by atoms with Crippen LogP contribution in [-0.2, 0) is 14.4 Å². The second-order valence-corrected chi connectivity index (χ2v) is 11.1. The van der Waals surface area contributed by atoms with Crippen molar-refractivity contribution in [3.63, 3.8) is 0 Å². The van der Waals surface area contributed by atoms with Crippen molar-refractivity contribution in [1.82, 2.24) is 10.6 Å². The number of hydrogen-bond donors (Lipinski definition) is 3. The van der Waals surface area contributed by atoms with E-state index in [0.717, 1.165) is 0 Å². The van der Waals surface area contributed by atoms with E-state index in [1.54, 1.807) is 97.1 Å². The van der Waals surface area contributed by atoms with E-state index in [1.165, 1.54) is 37.1 Å². The summed E-state index contributed by atoms with van der Waals surface area (Å²) in [6.07, 6.45) is 1.51. The number of anilines is 2. The van der Waals surface area contributed by atoms with E-state index in [2.05, 4.69) is 21.1 Å². The van der Waals surface area contributed by atoms with Gasteiger partial charge < -0.3 is 25.4 Å². The fourth-order valence-electron chi connectivity index (χ4n) is 4.51. The summed E-state index contributed by atoms with van der Waals surface area (Å²) in [6.45, 7) is 0.